The topological polar surface area (TPSA) is 89.9 Å². The zero-order chi connectivity index (χ0) is 22.6. The van der Waals surface area contributed by atoms with Crippen LogP contribution in [0.4, 0.5) is 0 Å². The molecule has 0 heterocycles. The zero-order valence-electron chi connectivity index (χ0n) is 18.1. The van der Waals surface area contributed by atoms with Gasteiger partial charge >= 0.3 is 17.9 Å². The summed E-state index contributed by atoms with van der Waals surface area (Å²) in [5, 5.41) is 9.39. The highest BCUT2D eigenvalue weighted by atomic mass is 16.6. The van der Waals surface area contributed by atoms with Gasteiger partial charge in [0.25, 0.3) is 0 Å². The van der Waals surface area contributed by atoms with Gasteiger partial charge in [0.1, 0.15) is 12.2 Å². The third-order valence-corrected chi connectivity index (χ3v) is 5.25. The van der Waals surface area contributed by atoms with Gasteiger partial charge in [0.2, 0.25) is 0 Å². The van der Waals surface area contributed by atoms with Crippen LogP contribution in [0.15, 0.2) is 48.5 Å². The van der Waals surface area contributed by atoms with E-state index >= 15 is 0 Å². The highest BCUT2D eigenvalue weighted by Crippen LogP contribution is 2.44. The van der Waals surface area contributed by atoms with Gasteiger partial charge in [-0.15, -0.1) is 0 Å². The van der Waals surface area contributed by atoms with Gasteiger partial charge in [0.05, 0.1) is 12.3 Å². The predicted molar refractivity (Wildman–Crippen MR) is 116 cm³/mol. The molecule has 6 nitrogen and oxygen atoms in total. The van der Waals surface area contributed by atoms with E-state index in [4.69, 9.17) is 9.47 Å². The molecule has 164 valence electrons. The Balaban J connectivity index is 1.56. The molecule has 1 atom stereocenters. The molecule has 1 aliphatic carbocycles. The van der Waals surface area contributed by atoms with Crippen molar-refractivity contribution >= 4 is 17.9 Å². The molecule has 0 saturated carbocycles. The Bertz CT molecular complexity index is 926. The number of ether oxygens (including phenoxy) is 2. The van der Waals surface area contributed by atoms with Gasteiger partial charge in [0.15, 0.2) is 0 Å². The van der Waals surface area contributed by atoms with Gasteiger partial charge in [0, 0.05) is 12.3 Å². The van der Waals surface area contributed by atoms with Crippen LogP contribution in [0, 0.1) is 5.92 Å². The molecule has 2 aromatic carbocycles. The van der Waals surface area contributed by atoms with Crippen LogP contribution >= 0.6 is 0 Å². The first-order chi connectivity index (χ1) is 14.7. The monoisotopic (exact) mass is 424 g/mol. The number of hydrogen-bond donors (Lipinski definition) is 1. The number of fused-ring (bicyclic) bond motifs is 3. The SMILES string of the molecule is CC(C)(C)OC(=O)C[C@@H](CCC(=O)OCC1c2ccccc2-c2ccccc21)C(=O)O. The highest BCUT2D eigenvalue weighted by Gasteiger charge is 2.30. The number of carboxylic acids is 1. The Morgan fingerprint density at radius 2 is 1.48 bits per heavy atom. The second-order valence-electron chi connectivity index (χ2n) is 8.77. The minimum Gasteiger partial charge on any atom is -0.481 e. The van der Waals surface area contributed by atoms with E-state index in [2.05, 4.69) is 12.1 Å². The zero-order valence-corrected chi connectivity index (χ0v) is 18.1. The molecule has 0 aliphatic heterocycles. The van der Waals surface area contributed by atoms with Gasteiger partial charge < -0.3 is 14.6 Å². The van der Waals surface area contributed by atoms with Gasteiger partial charge in [-0.3, -0.25) is 14.4 Å². The second-order valence-corrected chi connectivity index (χ2v) is 8.77. The average molecular weight is 424 g/mol. The smallest absolute Gasteiger partial charge is 0.307 e. The van der Waals surface area contributed by atoms with E-state index in [1.54, 1.807) is 20.8 Å². The van der Waals surface area contributed by atoms with Gasteiger partial charge in [-0.1, -0.05) is 48.5 Å². The maximum absolute atomic E-state index is 12.3. The summed E-state index contributed by atoms with van der Waals surface area (Å²) in [6.45, 7) is 5.35. The number of carbonyl (C=O) groups excluding carboxylic acids is 2. The first-order valence-electron chi connectivity index (χ1n) is 10.4. The summed E-state index contributed by atoms with van der Waals surface area (Å²) >= 11 is 0. The van der Waals surface area contributed by atoms with Crippen LogP contribution in [0.5, 0.6) is 0 Å². The van der Waals surface area contributed by atoms with Crippen molar-refractivity contribution in [2.45, 2.75) is 51.6 Å². The van der Waals surface area contributed by atoms with E-state index in [1.165, 1.54) is 0 Å². The predicted octanol–water partition coefficient (Wildman–Crippen LogP) is 4.55. The van der Waals surface area contributed by atoms with Crippen molar-refractivity contribution in [2.24, 2.45) is 5.92 Å². The fourth-order valence-electron chi connectivity index (χ4n) is 3.88. The van der Waals surface area contributed by atoms with Crippen LogP contribution in [0.25, 0.3) is 11.1 Å². The first-order valence-corrected chi connectivity index (χ1v) is 10.4. The molecular formula is C25H28O6. The van der Waals surface area contributed by atoms with Gasteiger partial charge in [-0.25, -0.2) is 0 Å². The average Bonchev–Trinajstić information content (AvgIpc) is 3.02. The largest absolute Gasteiger partial charge is 0.481 e. The lowest BCUT2D eigenvalue weighted by atomic mass is 9.98. The number of esters is 2. The first kappa shape index (κ1) is 22.5. The molecule has 0 fully saturated rings. The molecule has 0 unspecified atom stereocenters. The number of hydrogen-bond acceptors (Lipinski definition) is 5. The van der Waals surface area contributed by atoms with Crippen molar-refractivity contribution in [1.82, 2.24) is 0 Å². The molecular weight excluding hydrogens is 396 g/mol. The van der Waals surface area contributed by atoms with Crippen molar-refractivity contribution in [3.63, 3.8) is 0 Å². The molecule has 0 spiro atoms. The molecule has 6 heteroatoms. The Morgan fingerprint density at radius 3 is 2.00 bits per heavy atom. The standard InChI is InChI=1S/C25H28O6/c1-25(2,3)31-23(27)14-16(24(28)29)12-13-22(26)30-15-21-19-10-6-4-8-17(19)18-9-5-7-11-20(18)21/h4-11,16,21H,12-15H2,1-3H3,(H,28,29)/t16-/m1/s1. The third-order valence-electron chi connectivity index (χ3n) is 5.25. The summed E-state index contributed by atoms with van der Waals surface area (Å²) in [5.41, 5.74) is 3.83. The summed E-state index contributed by atoms with van der Waals surface area (Å²) in [5.74, 6) is -3.23. The summed E-state index contributed by atoms with van der Waals surface area (Å²) in [7, 11) is 0. The van der Waals surface area contributed by atoms with Crippen LogP contribution in [0.3, 0.4) is 0 Å². The van der Waals surface area contributed by atoms with Crippen molar-refractivity contribution in [3.8, 4) is 11.1 Å². The lowest BCUT2D eigenvalue weighted by Crippen LogP contribution is -2.27. The molecule has 2 aromatic rings. The molecule has 1 N–H and O–H groups in total. The minimum atomic E-state index is -1.13. The number of benzene rings is 2. The molecule has 1 aliphatic rings. The maximum atomic E-state index is 12.3. The molecule has 0 radical (unpaired) electrons. The highest BCUT2D eigenvalue weighted by molar-refractivity contribution is 5.80. The summed E-state index contributed by atoms with van der Waals surface area (Å²) in [4.78, 5) is 35.8. The van der Waals surface area contributed by atoms with E-state index in [0.29, 0.717) is 0 Å². The molecule has 0 aromatic heterocycles. The molecule has 0 saturated heterocycles. The van der Waals surface area contributed by atoms with E-state index < -0.39 is 29.4 Å². The summed E-state index contributed by atoms with van der Waals surface area (Å²) in [6.07, 6.45) is -0.329. The minimum absolute atomic E-state index is 0.0191. The fourth-order valence-corrected chi connectivity index (χ4v) is 3.88. The molecule has 0 amide bonds. The normalized spacial score (nSPS) is 13.8. The number of rotatable bonds is 8. The molecule has 0 bridgehead atoms. The quantitative estimate of drug-likeness (QED) is 0.625. The van der Waals surface area contributed by atoms with Crippen molar-refractivity contribution in [2.75, 3.05) is 6.61 Å². The van der Waals surface area contributed by atoms with E-state index in [9.17, 15) is 19.5 Å². The van der Waals surface area contributed by atoms with Gasteiger partial charge in [-0.2, -0.15) is 0 Å². The molecule has 3 rings (SSSR count). The Morgan fingerprint density at radius 1 is 0.935 bits per heavy atom. The van der Waals surface area contributed by atoms with Crippen LogP contribution in [-0.4, -0.2) is 35.2 Å². The number of aliphatic carboxylic acids is 1. The van der Waals surface area contributed by atoms with Crippen LogP contribution in [0.2, 0.25) is 0 Å². The number of carboxylic acid groups (broad SMARTS) is 1. The summed E-state index contributed by atoms with van der Waals surface area (Å²) in [6, 6.07) is 16.1. The Labute approximate surface area is 182 Å². The Kier molecular flexibility index (Phi) is 6.78. The van der Waals surface area contributed by atoms with Crippen LogP contribution < -0.4 is 0 Å². The fraction of sp³-hybridized carbons (Fsp3) is 0.400. The second kappa shape index (κ2) is 9.33. The van der Waals surface area contributed by atoms with E-state index in [1.807, 2.05) is 36.4 Å². The third kappa shape index (κ3) is 5.72. The lowest BCUT2D eigenvalue weighted by Gasteiger charge is -2.21. The van der Waals surface area contributed by atoms with Crippen LogP contribution in [0.1, 0.15) is 57.1 Å². The van der Waals surface area contributed by atoms with Crippen LogP contribution in [-0.2, 0) is 23.9 Å². The van der Waals surface area contributed by atoms with Crippen molar-refractivity contribution < 1.29 is 29.0 Å². The van der Waals surface area contributed by atoms with Crippen molar-refractivity contribution in [1.29, 1.82) is 0 Å². The maximum Gasteiger partial charge on any atom is 0.307 e. The van der Waals surface area contributed by atoms with E-state index in [-0.39, 0.29) is 31.8 Å². The summed E-state index contributed by atoms with van der Waals surface area (Å²) < 4.78 is 10.7. The number of carbonyl (C=O) groups is 3. The Hall–Kier alpha value is -3.15. The van der Waals surface area contributed by atoms with Crippen molar-refractivity contribution in [3.05, 3.63) is 59.7 Å². The molecule has 31 heavy (non-hydrogen) atoms. The lowest BCUT2D eigenvalue weighted by molar-refractivity contribution is -0.160. The van der Waals surface area contributed by atoms with E-state index in [0.717, 1.165) is 22.3 Å². The van der Waals surface area contributed by atoms with Gasteiger partial charge in [-0.05, 0) is 49.4 Å².